The zero-order valence-corrected chi connectivity index (χ0v) is 9.81. The molecule has 1 aromatic carbocycles. The number of anilines is 2. The molecule has 6 nitrogen and oxygen atoms in total. The van der Waals surface area contributed by atoms with Gasteiger partial charge >= 0.3 is 0 Å². The molecule has 0 saturated carbocycles. The molecule has 0 aliphatic heterocycles. The second kappa shape index (κ2) is 3.69. The topological polar surface area (TPSA) is 106 Å². The Kier molecular flexibility index (Phi) is 2.16. The van der Waals surface area contributed by atoms with Gasteiger partial charge in [-0.05, 0) is 18.6 Å². The van der Waals surface area contributed by atoms with Crippen LogP contribution in [0.3, 0.4) is 0 Å². The van der Waals surface area contributed by atoms with Crippen molar-refractivity contribution in [2.75, 3.05) is 11.5 Å². The largest absolute Gasteiger partial charge is 0.398 e. The van der Waals surface area contributed by atoms with Crippen LogP contribution in [-0.4, -0.2) is 19.9 Å². The van der Waals surface area contributed by atoms with E-state index >= 15 is 0 Å². The van der Waals surface area contributed by atoms with Gasteiger partial charge in [0.05, 0.1) is 0 Å². The highest BCUT2D eigenvalue weighted by Crippen LogP contribution is 2.26. The minimum Gasteiger partial charge on any atom is -0.398 e. The number of rotatable bonds is 1. The van der Waals surface area contributed by atoms with Crippen molar-refractivity contribution in [1.29, 1.82) is 0 Å². The predicted octanol–water partition coefficient (Wildman–Crippen LogP) is 1.49. The van der Waals surface area contributed by atoms with Crippen LogP contribution in [-0.2, 0) is 0 Å². The van der Waals surface area contributed by atoms with Crippen LogP contribution in [0.1, 0.15) is 5.56 Å². The lowest BCUT2D eigenvalue weighted by Crippen LogP contribution is -1.93. The molecule has 0 aliphatic rings. The molecular formula is C12H12N6. The van der Waals surface area contributed by atoms with E-state index in [4.69, 9.17) is 11.5 Å². The van der Waals surface area contributed by atoms with Crippen LogP contribution in [0.15, 0.2) is 24.5 Å². The summed E-state index contributed by atoms with van der Waals surface area (Å²) in [6.45, 7) is 1.95. The molecule has 6 heteroatoms. The molecule has 0 saturated heterocycles. The Morgan fingerprint density at radius 2 is 2.00 bits per heavy atom. The minimum absolute atomic E-state index is 0.389. The van der Waals surface area contributed by atoms with Crippen LogP contribution >= 0.6 is 0 Å². The lowest BCUT2D eigenvalue weighted by Gasteiger charge is -2.04. The molecule has 2 aromatic heterocycles. The zero-order chi connectivity index (χ0) is 12.7. The van der Waals surface area contributed by atoms with Crippen LogP contribution in [0, 0.1) is 6.92 Å². The highest BCUT2D eigenvalue weighted by atomic mass is 15.0. The Bertz CT molecular complexity index is 731. The van der Waals surface area contributed by atoms with Crippen molar-refractivity contribution >= 4 is 22.7 Å². The second-order valence-electron chi connectivity index (χ2n) is 4.06. The zero-order valence-electron chi connectivity index (χ0n) is 9.81. The van der Waals surface area contributed by atoms with Gasteiger partial charge in [0, 0.05) is 11.3 Å². The molecule has 0 aliphatic carbocycles. The van der Waals surface area contributed by atoms with E-state index in [1.165, 1.54) is 6.33 Å². The molecule has 0 spiro atoms. The van der Waals surface area contributed by atoms with Gasteiger partial charge in [0.25, 0.3) is 0 Å². The first-order valence-corrected chi connectivity index (χ1v) is 5.48. The average molecular weight is 240 g/mol. The number of H-pyrrole nitrogens is 1. The molecular weight excluding hydrogens is 228 g/mol. The third-order valence-electron chi connectivity index (χ3n) is 2.95. The van der Waals surface area contributed by atoms with Gasteiger partial charge in [-0.15, -0.1) is 0 Å². The molecule has 0 atom stereocenters. The quantitative estimate of drug-likeness (QED) is 0.559. The van der Waals surface area contributed by atoms with E-state index in [0.717, 1.165) is 16.8 Å². The number of aromatic amines is 1. The summed E-state index contributed by atoms with van der Waals surface area (Å²) >= 11 is 0. The van der Waals surface area contributed by atoms with Gasteiger partial charge in [0.2, 0.25) is 0 Å². The Hall–Kier alpha value is -2.63. The molecule has 0 bridgehead atoms. The maximum Gasteiger partial charge on any atom is 0.183 e. The first kappa shape index (κ1) is 10.5. The number of imidazole rings is 1. The summed E-state index contributed by atoms with van der Waals surface area (Å²) < 4.78 is 0. The van der Waals surface area contributed by atoms with E-state index < -0.39 is 0 Å². The van der Waals surface area contributed by atoms with E-state index in [1.807, 2.05) is 25.1 Å². The summed E-state index contributed by atoms with van der Waals surface area (Å²) in [5, 5.41) is 0. The monoisotopic (exact) mass is 240 g/mol. The number of hydrogen-bond acceptors (Lipinski definition) is 5. The summed E-state index contributed by atoms with van der Waals surface area (Å²) in [6.07, 6.45) is 1.40. The highest BCUT2D eigenvalue weighted by Gasteiger charge is 2.11. The first-order valence-electron chi connectivity index (χ1n) is 5.48. The lowest BCUT2D eigenvalue weighted by molar-refractivity contribution is 1.21. The van der Waals surface area contributed by atoms with Crippen molar-refractivity contribution in [3.05, 3.63) is 30.1 Å². The summed E-state index contributed by atoms with van der Waals surface area (Å²) in [5.41, 5.74) is 15.5. The number of nitrogens with two attached hydrogens (primary N) is 2. The molecule has 0 fully saturated rings. The molecule has 0 unspecified atom stereocenters. The van der Waals surface area contributed by atoms with E-state index in [2.05, 4.69) is 19.9 Å². The molecule has 18 heavy (non-hydrogen) atoms. The van der Waals surface area contributed by atoms with Crippen molar-refractivity contribution in [2.45, 2.75) is 6.92 Å². The van der Waals surface area contributed by atoms with Gasteiger partial charge in [-0.2, -0.15) is 0 Å². The van der Waals surface area contributed by atoms with Crippen molar-refractivity contribution in [3.63, 3.8) is 0 Å². The smallest absolute Gasteiger partial charge is 0.183 e. The number of benzene rings is 1. The van der Waals surface area contributed by atoms with Crippen molar-refractivity contribution in [2.24, 2.45) is 0 Å². The lowest BCUT2D eigenvalue weighted by atomic mass is 10.1. The van der Waals surface area contributed by atoms with E-state index in [-0.39, 0.29) is 0 Å². The van der Waals surface area contributed by atoms with Crippen molar-refractivity contribution < 1.29 is 0 Å². The summed E-state index contributed by atoms with van der Waals surface area (Å²) in [4.78, 5) is 15.5. The molecule has 0 radical (unpaired) electrons. The number of nitrogens with zero attached hydrogens (tertiary/aromatic N) is 3. The Labute approximate surface area is 103 Å². The van der Waals surface area contributed by atoms with Gasteiger partial charge in [0.15, 0.2) is 11.5 Å². The van der Waals surface area contributed by atoms with Gasteiger partial charge in [-0.3, -0.25) is 0 Å². The van der Waals surface area contributed by atoms with Crippen molar-refractivity contribution in [3.8, 4) is 11.4 Å². The Morgan fingerprint density at radius 1 is 1.17 bits per heavy atom. The normalized spacial score (nSPS) is 10.9. The van der Waals surface area contributed by atoms with Crippen molar-refractivity contribution in [1.82, 2.24) is 19.9 Å². The second-order valence-corrected chi connectivity index (χ2v) is 4.06. The number of nitrogen functional groups attached to an aromatic ring is 2. The Morgan fingerprint density at radius 3 is 2.78 bits per heavy atom. The van der Waals surface area contributed by atoms with Gasteiger partial charge < -0.3 is 16.5 Å². The molecule has 5 N–H and O–H groups in total. The maximum absolute atomic E-state index is 5.89. The van der Waals surface area contributed by atoms with E-state index in [0.29, 0.717) is 22.8 Å². The third-order valence-corrected chi connectivity index (χ3v) is 2.95. The highest BCUT2D eigenvalue weighted by molar-refractivity contribution is 5.85. The van der Waals surface area contributed by atoms with Crippen LogP contribution in [0.25, 0.3) is 22.6 Å². The Balaban J connectivity index is 2.26. The maximum atomic E-state index is 5.89. The molecule has 3 aromatic rings. The number of fused-ring (bicyclic) bond motifs is 1. The first-order chi connectivity index (χ1) is 8.66. The number of hydrogen-bond donors (Lipinski definition) is 3. The minimum atomic E-state index is 0.389. The van der Waals surface area contributed by atoms with E-state index in [1.54, 1.807) is 0 Å². The summed E-state index contributed by atoms with van der Waals surface area (Å²) in [5.74, 6) is 1.09. The van der Waals surface area contributed by atoms with Crippen LogP contribution in [0.4, 0.5) is 11.5 Å². The molecule has 3 rings (SSSR count). The SMILES string of the molecule is Cc1c(N)cccc1-c1nc2ncnc(N)c2[nH]1. The van der Waals surface area contributed by atoms with Crippen LogP contribution in [0.5, 0.6) is 0 Å². The molecule has 2 heterocycles. The fourth-order valence-electron chi connectivity index (χ4n) is 1.88. The summed E-state index contributed by atoms with van der Waals surface area (Å²) in [6, 6.07) is 5.70. The van der Waals surface area contributed by atoms with Crippen LogP contribution in [0.2, 0.25) is 0 Å². The third kappa shape index (κ3) is 1.46. The standard InChI is InChI=1S/C12H12N6/c1-6-7(3-2-4-8(6)13)11-17-9-10(14)15-5-16-12(9)18-11/h2-5H,13H2,1H3,(H3,14,15,16,17,18). The van der Waals surface area contributed by atoms with Gasteiger partial charge in [0.1, 0.15) is 17.7 Å². The fraction of sp³-hybridized carbons (Fsp3) is 0.0833. The molecule has 90 valence electrons. The van der Waals surface area contributed by atoms with Crippen LogP contribution < -0.4 is 11.5 Å². The molecule has 0 amide bonds. The number of aromatic nitrogens is 4. The predicted molar refractivity (Wildman–Crippen MR) is 70.7 cm³/mol. The van der Waals surface area contributed by atoms with E-state index in [9.17, 15) is 0 Å². The summed E-state index contributed by atoms with van der Waals surface area (Å²) in [7, 11) is 0. The number of nitrogens with one attached hydrogen (secondary N) is 1. The van der Waals surface area contributed by atoms with Gasteiger partial charge in [-0.25, -0.2) is 15.0 Å². The fourth-order valence-corrected chi connectivity index (χ4v) is 1.88. The average Bonchev–Trinajstić information content (AvgIpc) is 2.78. The van der Waals surface area contributed by atoms with Gasteiger partial charge in [-0.1, -0.05) is 12.1 Å².